The molecule has 2 aromatic rings. The second kappa shape index (κ2) is 8.29. The highest BCUT2D eigenvalue weighted by Gasteiger charge is 2.25. The molecule has 1 aliphatic rings. The number of benzene rings is 1. The van der Waals surface area contributed by atoms with Crippen molar-refractivity contribution in [3.8, 4) is 0 Å². The minimum Gasteiger partial charge on any atom is -0.371 e. The number of amides is 1. The first-order valence-corrected chi connectivity index (χ1v) is 10.3. The van der Waals surface area contributed by atoms with E-state index in [4.69, 9.17) is 0 Å². The molecule has 0 aliphatic carbocycles. The minimum absolute atomic E-state index is 0.00712. The maximum atomic E-state index is 12.8. The van der Waals surface area contributed by atoms with Crippen molar-refractivity contribution < 1.29 is 9.59 Å². The fourth-order valence-electron chi connectivity index (χ4n) is 4.13. The molecule has 1 aromatic carbocycles. The van der Waals surface area contributed by atoms with E-state index in [0.29, 0.717) is 5.56 Å². The number of ketones is 1. The Kier molecular flexibility index (Phi) is 6.01. The normalized spacial score (nSPS) is 16.5. The molecule has 0 bridgehead atoms. The van der Waals surface area contributed by atoms with Crippen molar-refractivity contribution in [1.82, 2.24) is 10.3 Å². The largest absolute Gasteiger partial charge is 0.371 e. The van der Waals surface area contributed by atoms with E-state index >= 15 is 0 Å². The molecule has 1 N–H and O–H groups in total. The molecule has 1 unspecified atom stereocenters. The van der Waals surface area contributed by atoms with Crippen molar-refractivity contribution in [2.75, 3.05) is 18.0 Å². The fourth-order valence-corrected chi connectivity index (χ4v) is 4.13. The maximum Gasteiger partial charge on any atom is 0.253 e. The number of fused-ring (bicyclic) bond motifs is 1. The van der Waals surface area contributed by atoms with Crippen LogP contribution in [0.2, 0.25) is 0 Å². The third-order valence-electron chi connectivity index (χ3n) is 5.70. The summed E-state index contributed by atoms with van der Waals surface area (Å²) in [5.41, 5.74) is 3.80. The molecule has 28 heavy (non-hydrogen) atoms. The standard InChI is InChI=1S/C23H31N3O2/c1-6-7-15(3)22(17(5)27)25-23(28)19-9-18-8-16(4)21(10-20(18)24-11-19)26-12-14(2)13-26/h8-11,14-15,22H,6-7,12-13H2,1-5H3,(H,25,28)/t15?,22-/m0/s1. The van der Waals surface area contributed by atoms with Crippen LogP contribution in [-0.2, 0) is 4.79 Å². The van der Waals surface area contributed by atoms with Crippen LogP contribution in [0.25, 0.3) is 10.9 Å². The van der Waals surface area contributed by atoms with E-state index in [9.17, 15) is 9.59 Å². The molecule has 150 valence electrons. The molecule has 0 radical (unpaired) electrons. The molecule has 5 nitrogen and oxygen atoms in total. The number of hydrogen-bond donors (Lipinski definition) is 1. The van der Waals surface area contributed by atoms with Gasteiger partial charge in [-0.1, -0.05) is 27.2 Å². The van der Waals surface area contributed by atoms with Gasteiger partial charge in [-0.2, -0.15) is 0 Å². The lowest BCUT2D eigenvalue weighted by atomic mass is 9.94. The van der Waals surface area contributed by atoms with Crippen molar-refractivity contribution in [3.05, 3.63) is 35.5 Å². The van der Waals surface area contributed by atoms with Gasteiger partial charge in [-0.25, -0.2) is 0 Å². The molecule has 5 heteroatoms. The highest BCUT2D eigenvalue weighted by atomic mass is 16.2. The zero-order valence-corrected chi connectivity index (χ0v) is 17.6. The van der Waals surface area contributed by atoms with Gasteiger partial charge in [0.15, 0.2) is 5.78 Å². The molecule has 1 aromatic heterocycles. The van der Waals surface area contributed by atoms with Crippen LogP contribution in [0.3, 0.4) is 0 Å². The summed E-state index contributed by atoms with van der Waals surface area (Å²) in [6, 6.07) is 5.62. The Labute approximate surface area is 167 Å². The lowest BCUT2D eigenvalue weighted by Crippen LogP contribution is -2.45. The Morgan fingerprint density at radius 2 is 2.00 bits per heavy atom. The van der Waals surface area contributed by atoms with E-state index in [2.05, 4.69) is 48.1 Å². The van der Waals surface area contributed by atoms with E-state index in [1.165, 1.54) is 18.2 Å². The summed E-state index contributed by atoms with van der Waals surface area (Å²) in [5, 5.41) is 3.86. The van der Waals surface area contributed by atoms with Crippen LogP contribution in [0.1, 0.15) is 56.5 Å². The number of anilines is 1. The van der Waals surface area contributed by atoms with Gasteiger partial charge in [0.2, 0.25) is 0 Å². The van der Waals surface area contributed by atoms with Crippen molar-refractivity contribution in [3.63, 3.8) is 0 Å². The first-order chi connectivity index (χ1) is 13.3. The van der Waals surface area contributed by atoms with Gasteiger partial charge in [0.1, 0.15) is 0 Å². The summed E-state index contributed by atoms with van der Waals surface area (Å²) in [4.78, 5) is 31.7. The second-order valence-corrected chi connectivity index (χ2v) is 8.39. The van der Waals surface area contributed by atoms with Gasteiger partial charge >= 0.3 is 0 Å². The molecule has 1 amide bonds. The minimum atomic E-state index is -0.458. The summed E-state index contributed by atoms with van der Waals surface area (Å²) in [5.74, 6) is 0.602. The van der Waals surface area contributed by atoms with Crippen LogP contribution < -0.4 is 10.2 Å². The first-order valence-electron chi connectivity index (χ1n) is 10.3. The van der Waals surface area contributed by atoms with Gasteiger partial charge in [-0.3, -0.25) is 14.6 Å². The maximum absolute atomic E-state index is 12.8. The second-order valence-electron chi connectivity index (χ2n) is 8.39. The van der Waals surface area contributed by atoms with Crippen LogP contribution >= 0.6 is 0 Å². The van der Waals surface area contributed by atoms with E-state index < -0.39 is 6.04 Å². The average molecular weight is 382 g/mol. The third kappa shape index (κ3) is 4.18. The van der Waals surface area contributed by atoms with Gasteiger partial charge in [-0.05, 0) is 55.9 Å². The monoisotopic (exact) mass is 381 g/mol. The Bertz CT molecular complexity index is 887. The Hall–Kier alpha value is -2.43. The molecule has 3 rings (SSSR count). The number of aryl methyl sites for hydroxylation is 1. The van der Waals surface area contributed by atoms with Crippen molar-refractivity contribution in [2.24, 2.45) is 11.8 Å². The summed E-state index contributed by atoms with van der Waals surface area (Å²) < 4.78 is 0. The van der Waals surface area contributed by atoms with Crippen molar-refractivity contribution in [1.29, 1.82) is 0 Å². The van der Waals surface area contributed by atoms with Crippen molar-refractivity contribution >= 4 is 28.3 Å². The van der Waals surface area contributed by atoms with E-state index in [0.717, 1.165) is 42.8 Å². The van der Waals surface area contributed by atoms with Gasteiger partial charge in [0.05, 0.1) is 17.1 Å². The molecule has 1 aliphatic heterocycles. The highest BCUT2D eigenvalue weighted by molar-refractivity contribution is 6.00. The number of carbonyl (C=O) groups is 2. The lowest BCUT2D eigenvalue weighted by molar-refractivity contribution is -0.119. The number of Topliss-reactive ketones (excluding diaryl/α,β-unsaturated/α-hetero) is 1. The van der Waals surface area contributed by atoms with Crippen LogP contribution in [-0.4, -0.2) is 35.8 Å². The number of nitrogens with zero attached hydrogens (tertiary/aromatic N) is 2. The van der Waals surface area contributed by atoms with Gasteiger partial charge in [0.25, 0.3) is 5.91 Å². The van der Waals surface area contributed by atoms with E-state index in [1.807, 2.05) is 13.0 Å². The van der Waals surface area contributed by atoms with Crippen LogP contribution in [0, 0.1) is 18.8 Å². The molecule has 2 atom stereocenters. The summed E-state index contributed by atoms with van der Waals surface area (Å²) in [6.07, 6.45) is 3.49. The van der Waals surface area contributed by atoms with Gasteiger partial charge in [-0.15, -0.1) is 0 Å². The topological polar surface area (TPSA) is 62.3 Å². The number of aromatic nitrogens is 1. The Morgan fingerprint density at radius 3 is 2.61 bits per heavy atom. The predicted octanol–water partition coefficient (Wildman–Crippen LogP) is 4.12. The number of rotatable bonds is 7. The first kappa shape index (κ1) is 20.3. The van der Waals surface area contributed by atoms with Crippen LogP contribution in [0.15, 0.2) is 24.4 Å². The molecule has 2 heterocycles. The number of carbonyl (C=O) groups excluding carboxylic acids is 2. The molecule has 0 saturated carbocycles. The number of pyridine rings is 1. The predicted molar refractivity (Wildman–Crippen MR) is 114 cm³/mol. The SMILES string of the molecule is CCCC(C)[C@H](NC(=O)c1cnc2cc(N3CC(C)C3)c(C)cc2c1)C(C)=O. The third-order valence-corrected chi connectivity index (χ3v) is 5.70. The average Bonchev–Trinajstić information content (AvgIpc) is 2.62. The van der Waals surface area contributed by atoms with E-state index in [-0.39, 0.29) is 17.6 Å². The highest BCUT2D eigenvalue weighted by Crippen LogP contribution is 2.31. The molecule has 1 saturated heterocycles. The summed E-state index contributed by atoms with van der Waals surface area (Å²) in [7, 11) is 0. The number of nitrogens with one attached hydrogen (secondary N) is 1. The van der Waals surface area contributed by atoms with Gasteiger partial charge in [0, 0.05) is 30.4 Å². The summed E-state index contributed by atoms with van der Waals surface area (Å²) >= 11 is 0. The van der Waals surface area contributed by atoms with E-state index in [1.54, 1.807) is 6.20 Å². The molecular formula is C23H31N3O2. The fraction of sp³-hybridized carbons (Fsp3) is 0.522. The Balaban J connectivity index is 1.82. The zero-order chi connectivity index (χ0) is 20.4. The summed E-state index contributed by atoms with van der Waals surface area (Å²) in [6.45, 7) is 12.1. The number of hydrogen-bond acceptors (Lipinski definition) is 4. The zero-order valence-electron chi connectivity index (χ0n) is 17.6. The lowest BCUT2D eigenvalue weighted by Gasteiger charge is -2.40. The smallest absolute Gasteiger partial charge is 0.253 e. The van der Waals surface area contributed by atoms with Crippen molar-refractivity contribution in [2.45, 2.75) is 53.5 Å². The Morgan fingerprint density at radius 1 is 1.29 bits per heavy atom. The quantitative estimate of drug-likeness (QED) is 0.783. The molecule has 0 spiro atoms. The molecule has 1 fully saturated rings. The molecular weight excluding hydrogens is 350 g/mol. The van der Waals surface area contributed by atoms with Crippen LogP contribution in [0.5, 0.6) is 0 Å². The van der Waals surface area contributed by atoms with Gasteiger partial charge < -0.3 is 10.2 Å². The van der Waals surface area contributed by atoms with Crippen LogP contribution in [0.4, 0.5) is 5.69 Å².